The van der Waals surface area contributed by atoms with E-state index in [0.717, 1.165) is 6.92 Å². The molecule has 0 rings (SSSR count). The van der Waals surface area contributed by atoms with Gasteiger partial charge in [-0.05, 0) is 0 Å². The second kappa shape index (κ2) is 6.74. The number of amides is 2. The number of primary amides is 1. The highest BCUT2D eigenvalue weighted by Crippen LogP contribution is 1.42. The summed E-state index contributed by atoms with van der Waals surface area (Å²) in [5.41, 5.74) is 4.54. The van der Waals surface area contributed by atoms with Gasteiger partial charge in [0.25, 0.3) is 5.97 Å². The second-order valence-electron chi connectivity index (χ2n) is 1.13. The van der Waals surface area contributed by atoms with Gasteiger partial charge in [0, 0.05) is 14.0 Å². The van der Waals surface area contributed by atoms with Gasteiger partial charge < -0.3 is 16.2 Å². The molecular formula is C4H10N2O3. The summed E-state index contributed by atoms with van der Waals surface area (Å²) in [7, 11) is 1.47. The molecule has 0 atom stereocenters. The molecule has 0 unspecified atom stereocenters. The number of rotatable bonds is 0. The van der Waals surface area contributed by atoms with E-state index in [9.17, 15) is 4.79 Å². The lowest BCUT2D eigenvalue weighted by molar-refractivity contribution is -0.134. The molecule has 0 bridgehead atoms. The molecule has 0 aliphatic carbocycles. The van der Waals surface area contributed by atoms with Crippen LogP contribution in [0.15, 0.2) is 0 Å². The molecule has 0 aliphatic rings. The molecule has 0 aromatic carbocycles. The minimum atomic E-state index is -0.833. The molecule has 9 heavy (non-hydrogen) atoms. The molecule has 0 saturated carbocycles. The van der Waals surface area contributed by atoms with Gasteiger partial charge in [0.2, 0.25) is 0 Å². The van der Waals surface area contributed by atoms with E-state index in [2.05, 4.69) is 11.1 Å². The number of carbonyl (C=O) groups excluding carboxylic acids is 1. The third-order valence-corrected chi connectivity index (χ3v) is 0.246. The number of hydrogen-bond acceptors (Lipinski definition) is 2. The highest BCUT2D eigenvalue weighted by atomic mass is 16.4. The Hall–Kier alpha value is -1.26. The van der Waals surface area contributed by atoms with Gasteiger partial charge in [0.15, 0.2) is 0 Å². The molecule has 0 aromatic rings. The van der Waals surface area contributed by atoms with E-state index < -0.39 is 12.0 Å². The van der Waals surface area contributed by atoms with Gasteiger partial charge >= 0.3 is 6.03 Å². The third-order valence-electron chi connectivity index (χ3n) is 0.246. The Morgan fingerprint density at radius 2 is 1.67 bits per heavy atom. The van der Waals surface area contributed by atoms with Crippen molar-refractivity contribution in [2.45, 2.75) is 6.92 Å². The van der Waals surface area contributed by atoms with E-state index in [-0.39, 0.29) is 0 Å². The van der Waals surface area contributed by atoms with Crippen molar-refractivity contribution in [1.82, 2.24) is 5.32 Å². The topological polar surface area (TPSA) is 92.4 Å². The lowest BCUT2D eigenvalue weighted by atomic mass is 10.9. The molecule has 0 saturated heterocycles. The average Bonchev–Trinajstić information content (AvgIpc) is 1.65. The molecule has 54 valence electrons. The minimum Gasteiger partial charge on any atom is -0.481 e. The van der Waals surface area contributed by atoms with Gasteiger partial charge in [-0.3, -0.25) is 4.79 Å². The quantitative estimate of drug-likeness (QED) is 0.412. The van der Waals surface area contributed by atoms with Crippen LogP contribution in [0.3, 0.4) is 0 Å². The summed E-state index contributed by atoms with van der Waals surface area (Å²) in [5, 5.41) is 9.58. The summed E-state index contributed by atoms with van der Waals surface area (Å²) in [6.45, 7) is 1.08. The molecule has 0 aliphatic heterocycles. The Kier molecular flexibility index (Phi) is 7.99. The molecular weight excluding hydrogens is 124 g/mol. The highest BCUT2D eigenvalue weighted by Gasteiger charge is 1.72. The van der Waals surface area contributed by atoms with Crippen LogP contribution >= 0.6 is 0 Å². The van der Waals surface area contributed by atoms with Gasteiger partial charge in [-0.25, -0.2) is 4.79 Å². The zero-order valence-corrected chi connectivity index (χ0v) is 5.34. The Bertz CT molecular complexity index is 98.0. The summed E-state index contributed by atoms with van der Waals surface area (Å²) in [5.74, 6) is -0.833. The number of nitrogens with one attached hydrogen (secondary N) is 1. The standard InChI is InChI=1S/C2H6N2O.C2H4O2/c1-4-2(3)5;1-2(3)4/h1H3,(H3,3,4,5);1H3,(H,3,4). The van der Waals surface area contributed by atoms with Gasteiger partial charge in [-0.1, -0.05) is 0 Å². The summed E-state index contributed by atoms with van der Waals surface area (Å²) in [4.78, 5) is 18.5. The van der Waals surface area contributed by atoms with Crippen LogP contribution in [-0.4, -0.2) is 24.2 Å². The summed E-state index contributed by atoms with van der Waals surface area (Å²) >= 11 is 0. The lowest BCUT2D eigenvalue weighted by Crippen LogP contribution is -2.24. The Labute approximate surface area is 52.8 Å². The summed E-state index contributed by atoms with van der Waals surface area (Å²) in [6.07, 6.45) is 0. The lowest BCUT2D eigenvalue weighted by Gasteiger charge is -1.80. The van der Waals surface area contributed by atoms with Crippen LogP contribution in [0.5, 0.6) is 0 Å². The van der Waals surface area contributed by atoms with Crippen LogP contribution in [0.25, 0.3) is 0 Å². The predicted molar refractivity (Wildman–Crippen MR) is 32.0 cm³/mol. The van der Waals surface area contributed by atoms with Crippen LogP contribution in [0, 0.1) is 0 Å². The van der Waals surface area contributed by atoms with Crippen LogP contribution in [0.4, 0.5) is 4.79 Å². The first-order chi connectivity index (χ1) is 4.00. The fraction of sp³-hybridized carbons (Fsp3) is 0.500. The monoisotopic (exact) mass is 134 g/mol. The number of urea groups is 1. The molecule has 0 heterocycles. The number of hydrogen-bond donors (Lipinski definition) is 3. The normalized spacial score (nSPS) is 6.44. The van der Waals surface area contributed by atoms with Gasteiger partial charge in [-0.2, -0.15) is 0 Å². The zero-order chi connectivity index (χ0) is 7.86. The highest BCUT2D eigenvalue weighted by molar-refractivity contribution is 5.71. The fourth-order valence-corrected chi connectivity index (χ4v) is 0. The van der Waals surface area contributed by atoms with E-state index in [4.69, 9.17) is 9.90 Å². The maximum Gasteiger partial charge on any atom is 0.311 e. The molecule has 4 N–H and O–H groups in total. The first-order valence-corrected chi connectivity index (χ1v) is 2.17. The van der Waals surface area contributed by atoms with Crippen LogP contribution in [-0.2, 0) is 4.79 Å². The van der Waals surface area contributed by atoms with Crippen LogP contribution in [0.1, 0.15) is 6.92 Å². The largest absolute Gasteiger partial charge is 0.481 e. The molecule has 0 spiro atoms. The van der Waals surface area contributed by atoms with E-state index in [1.165, 1.54) is 7.05 Å². The number of aliphatic carboxylic acids is 1. The maximum absolute atomic E-state index is 9.48. The molecule has 0 fully saturated rings. The summed E-state index contributed by atoms with van der Waals surface area (Å²) in [6, 6.07) is -0.495. The number of carboxylic acids is 1. The third kappa shape index (κ3) is 277. The average molecular weight is 134 g/mol. The SMILES string of the molecule is CC(=O)O.CNC(N)=O. The van der Waals surface area contributed by atoms with Gasteiger partial charge in [0.1, 0.15) is 0 Å². The maximum atomic E-state index is 9.48. The number of carboxylic acid groups (broad SMARTS) is 1. The minimum absolute atomic E-state index is 0.495. The van der Waals surface area contributed by atoms with Crippen molar-refractivity contribution in [2.75, 3.05) is 7.05 Å². The molecule has 5 heteroatoms. The van der Waals surface area contributed by atoms with Crippen molar-refractivity contribution in [3.63, 3.8) is 0 Å². The van der Waals surface area contributed by atoms with Crippen molar-refractivity contribution < 1.29 is 14.7 Å². The van der Waals surface area contributed by atoms with Crippen LogP contribution in [0.2, 0.25) is 0 Å². The number of nitrogens with two attached hydrogens (primary N) is 1. The van der Waals surface area contributed by atoms with E-state index in [1.807, 2.05) is 0 Å². The van der Waals surface area contributed by atoms with Crippen LogP contribution < -0.4 is 11.1 Å². The first-order valence-electron chi connectivity index (χ1n) is 2.17. The molecule has 0 radical (unpaired) electrons. The first kappa shape index (κ1) is 10.7. The van der Waals surface area contributed by atoms with Crippen molar-refractivity contribution in [3.8, 4) is 0 Å². The predicted octanol–water partition coefficient (Wildman–Crippen LogP) is -0.625. The van der Waals surface area contributed by atoms with Gasteiger partial charge in [-0.15, -0.1) is 0 Å². The number of carbonyl (C=O) groups is 2. The van der Waals surface area contributed by atoms with Gasteiger partial charge in [0.05, 0.1) is 0 Å². The van der Waals surface area contributed by atoms with Crippen molar-refractivity contribution in [1.29, 1.82) is 0 Å². The second-order valence-corrected chi connectivity index (χ2v) is 1.13. The Balaban J connectivity index is 0. The molecule has 5 nitrogen and oxygen atoms in total. The summed E-state index contributed by atoms with van der Waals surface area (Å²) < 4.78 is 0. The van der Waals surface area contributed by atoms with E-state index in [0.29, 0.717) is 0 Å². The Morgan fingerprint density at radius 3 is 1.67 bits per heavy atom. The molecule has 2 amide bonds. The van der Waals surface area contributed by atoms with E-state index >= 15 is 0 Å². The zero-order valence-electron chi connectivity index (χ0n) is 5.34. The van der Waals surface area contributed by atoms with Crippen molar-refractivity contribution in [3.05, 3.63) is 0 Å². The van der Waals surface area contributed by atoms with Crippen molar-refractivity contribution in [2.24, 2.45) is 5.73 Å². The molecule has 0 aromatic heterocycles. The van der Waals surface area contributed by atoms with Crippen molar-refractivity contribution >= 4 is 12.0 Å². The van der Waals surface area contributed by atoms with E-state index in [1.54, 1.807) is 0 Å². The Morgan fingerprint density at radius 1 is 1.56 bits per heavy atom. The smallest absolute Gasteiger partial charge is 0.311 e. The fourth-order valence-electron chi connectivity index (χ4n) is 0.